The Morgan fingerprint density at radius 2 is 1.93 bits per heavy atom. The van der Waals surface area contributed by atoms with Crippen LogP contribution in [0.1, 0.15) is 11.6 Å². The minimum absolute atomic E-state index is 0.473. The summed E-state index contributed by atoms with van der Waals surface area (Å²) in [5, 5.41) is 0. The molecule has 1 aromatic rings. The summed E-state index contributed by atoms with van der Waals surface area (Å²) in [6, 6.07) is 1.82. The summed E-state index contributed by atoms with van der Waals surface area (Å²) in [5.74, 6) is -2.60. The van der Waals surface area contributed by atoms with E-state index in [1.165, 1.54) is 6.07 Å². The van der Waals surface area contributed by atoms with Gasteiger partial charge >= 0.3 is 5.97 Å². The number of halogens is 2. The van der Waals surface area contributed by atoms with Gasteiger partial charge in [-0.1, -0.05) is 6.07 Å². The summed E-state index contributed by atoms with van der Waals surface area (Å²) < 4.78 is 30.4. The SMILES string of the molecule is COC(=O)C(N)c1c(F)cccc1F. The molecule has 5 heteroatoms. The maximum Gasteiger partial charge on any atom is 0.327 e. The second kappa shape index (κ2) is 4.15. The molecule has 0 aliphatic carbocycles. The van der Waals surface area contributed by atoms with Crippen molar-refractivity contribution in [2.75, 3.05) is 7.11 Å². The number of methoxy groups -OCH3 is 1. The molecule has 0 spiro atoms. The van der Waals surface area contributed by atoms with Gasteiger partial charge in [-0.05, 0) is 12.1 Å². The number of esters is 1. The second-order valence-corrected chi connectivity index (χ2v) is 2.64. The van der Waals surface area contributed by atoms with Crippen molar-refractivity contribution in [3.63, 3.8) is 0 Å². The topological polar surface area (TPSA) is 52.3 Å². The fourth-order valence-corrected chi connectivity index (χ4v) is 1.05. The first kappa shape index (κ1) is 10.6. The summed E-state index contributed by atoms with van der Waals surface area (Å²) in [4.78, 5) is 10.9. The smallest absolute Gasteiger partial charge is 0.327 e. The van der Waals surface area contributed by atoms with E-state index in [1.54, 1.807) is 0 Å². The molecule has 0 amide bonds. The summed E-state index contributed by atoms with van der Waals surface area (Å²) in [6.45, 7) is 0. The Hall–Kier alpha value is -1.49. The van der Waals surface area contributed by atoms with Crippen LogP contribution in [0.5, 0.6) is 0 Å². The first-order valence-electron chi connectivity index (χ1n) is 3.85. The van der Waals surface area contributed by atoms with E-state index in [2.05, 4.69) is 4.74 Å². The third-order valence-electron chi connectivity index (χ3n) is 1.77. The molecule has 14 heavy (non-hydrogen) atoms. The van der Waals surface area contributed by atoms with E-state index in [0.29, 0.717) is 0 Å². The maximum atomic E-state index is 13.1. The van der Waals surface area contributed by atoms with Crippen LogP contribution in [-0.4, -0.2) is 13.1 Å². The average molecular weight is 201 g/mol. The van der Waals surface area contributed by atoms with E-state index < -0.39 is 29.2 Å². The minimum atomic E-state index is -1.43. The Labute approximate surface area is 79.5 Å². The van der Waals surface area contributed by atoms with Crippen molar-refractivity contribution < 1.29 is 18.3 Å². The Balaban J connectivity index is 3.11. The molecule has 2 N–H and O–H groups in total. The summed E-state index contributed by atoms with van der Waals surface area (Å²) in [7, 11) is 1.10. The van der Waals surface area contributed by atoms with Gasteiger partial charge in [-0.3, -0.25) is 4.79 Å². The number of rotatable bonds is 2. The Kier molecular flexibility index (Phi) is 3.14. The van der Waals surface area contributed by atoms with E-state index in [-0.39, 0.29) is 0 Å². The molecular weight excluding hydrogens is 192 g/mol. The first-order chi connectivity index (χ1) is 6.57. The van der Waals surface area contributed by atoms with E-state index in [4.69, 9.17) is 5.73 Å². The highest BCUT2D eigenvalue weighted by molar-refractivity contribution is 5.77. The molecule has 0 saturated carbocycles. The standard InChI is InChI=1S/C9H9F2NO2/c1-14-9(13)8(12)7-5(10)3-2-4-6(7)11/h2-4,8H,12H2,1H3. The predicted molar refractivity (Wildman–Crippen MR) is 45.3 cm³/mol. The molecule has 0 bridgehead atoms. The molecule has 1 atom stereocenters. The second-order valence-electron chi connectivity index (χ2n) is 2.64. The zero-order chi connectivity index (χ0) is 10.7. The lowest BCUT2D eigenvalue weighted by molar-refractivity contribution is -0.142. The van der Waals surface area contributed by atoms with Crippen LogP contribution in [-0.2, 0) is 9.53 Å². The van der Waals surface area contributed by atoms with Gasteiger partial charge in [-0.25, -0.2) is 8.78 Å². The highest BCUT2D eigenvalue weighted by Crippen LogP contribution is 2.19. The number of hydrogen-bond donors (Lipinski definition) is 1. The molecule has 1 aromatic carbocycles. The number of hydrogen-bond acceptors (Lipinski definition) is 3. The van der Waals surface area contributed by atoms with Crippen molar-refractivity contribution in [3.05, 3.63) is 35.4 Å². The Morgan fingerprint density at radius 3 is 2.36 bits per heavy atom. The summed E-state index contributed by atoms with van der Waals surface area (Å²) in [5.41, 5.74) is 4.82. The summed E-state index contributed by atoms with van der Waals surface area (Å²) in [6.07, 6.45) is 0. The van der Waals surface area contributed by atoms with Crippen LogP contribution < -0.4 is 5.73 Å². The number of carbonyl (C=O) groups is 1. The molecule has 1 rings (SSSR count). The van der Waals surface area contributed by atoms with Crippen molar-refractivity contribution in [3.8, 4) is 0 Å². The quantitative estimate of drug-likeness (QED) is 0.730. The van der Waals surface area contributed by atoms with Gasteiger partial charge in [0.15, 0.2) is 0 Å². The lowest BCUT2D eigenvalue weighted by Crippen LogP contribution is -2.24. The first-order valence-corrected chi connectivity index (χ1v) is 3.85. The number of carbonyl (C=O) groups excluding carboxylic acids is 1. The van der Waals surface area contributed by atoms with Gasteiger partial charge in [0, 0.05) is 0 Å². The molecule has 3 nitrogen and oxygen atoms in total. The molecule has 0 saturated heterocycles. The summed E-state index contributed by atoms with van der Waals surface area (Å²) >= 11 is 0. The van der Waals surface area contributed by atoms with E-state index in [1.807, 2.05) is 0 Å². The molecule has 0 radical (unpaired) electrons. The third-order valence-corrected chi connectivity index (χ3v) is 1.77. The third kappa shape index (κ3) is 1.88. The zero-order valence-electron chi connectivity index (χ0n) is 7.46. The van der Waals surface area contributed by atoms with Crippen LogP contribution in [0, 0.1) is 11.6 Å². The Morgan fingerprint density at radius 1 is 1.43 bits per heavy atom. The van der Waals surface area contributed by atoms with Crippen LogP contribution in [0.4, 0.5) is 8.78 Å². The van der Waals surface area contributed by atoms with Crippen molar-refractivity contribution in [2.45, 2.75) is 6.04 Å². The lowest BCUT2D eigenvalue weighted by atomic mass is 10.1. The van der Waals surface area contributed by atoms with Gasteiger partial charge in [0.25, 0.3) is 0 Å². The molecule has 76 valence electrons. The minimum Gasteiger partial charge on any atom is -0.468 e. The van der Waals surface area contributed by atoms with Gasteiger partial charge in [0.05, 0.1) is 12.7 Å². The van der Waals surface area contributed by atoms with Gasteiger partial charge in [-0.2, -0.15) is 0 Å². The van der Waals surface area contributed by atoms with E-state index >= 15 is 0 Å². The number of nitrogens with two attached hydrogens (primary N) is 1. The largest absolute Gasteiger partial charge is 0.468 e. The number of ether oxygens (including phenoxy) is 1. The molecule has 0 aromatic heterocycles. The fourth-order valence-electron chi connectivity index (χ4n) is 1.05. The molecule has 0 fully saturated rings. The predicted octanol–water partition coefficient (Wildman–Crippen LogP) is 1.14. The van der Waals surface area contributed by atoms with Gasteiger partial charge in [0.1, 0.15) is 17.7 Å². The van der Waals surface area contributed by atoms with Crippen molar-refractivity contribution in [1.29, 1.82) is 0 Å². The van der Waals surface area contributed by atoms with Crippen molar-refractivity contribution in [1.82, 2.24) is 0 Å². The van der Waals surface area contributed by atoms with Gasteiger partial charge in [-0.15, -0.1) is 0 Å². The van der Waals surface area contributed by atoms with Crippen molar-refractivity contribution in [2.24, 2.45) is 5.73 Å². The Bertz CT molecular complexity index is 334. The van der Waals surface area contributed by atoms with E-state index in [0.717, 1.165) is 19.2 Å². The van der Waals surface area contributed by atoms with Crippen LogP contribution >= 0.6 is 0 Å². The highest BCUT2D eigenvalue weighted by Gasteiger charge is 2.23. The van der Waals surface area contributed by atoms with Gasteiger partial charge < -0.3 is 10.5 Å². The molecular formula is C9H9F2NO2. The zero-order valence-corrected chi connectivity index (χ0v) is 7.46. The van der Waals surface area contributed by atoms with E-state index in [9.17, 15) is 13.6 Å². The molecule has 0 aliphatic heterocycles. The molecule has 0 aliphatic rings. The van der Waals surface area contributed by atoms with Crippen LogP contribution in [0.2, 0.25) is 0 Å². The normalized spacial score (nSPS) is 12.3. The van der Waals surface area contributed by atoms with Gasteiger partial charge in [0.2, 0.25) is 0 Å². The van der Waals surface area contributed by atoms with Crippen LogP contribution in [0.15, 0.2) is 18.2 Å². The maximum absolute atomic E-state index is 13.1. The fraction of sp³-hybridized carbons (Fsp3) is 0.222. The van der Waals surface area contributed by atoms with Crippen LogP contribution in [0.25, 0.3) is 0 Å². The highest BCUT2D eigenvalue weighted by atomic mass is 19.1. The van der Waals surface area contributed by atoms with Crippen LogP contribution in [0.3, 0.4) is 0 Å². The monoisotopic (exact) mass is 201 g/mol. The lowest BCUT2D eigenvalue weighted by Gasteiger charge is -2.10. The molecule has 0 heterocycles. The molecule has 1 unspecified atom stereocenters. The van der Waals surface area contributed by atoms with Crippen molar-refractivity contribution >= 4 is 5.97 Å². The average Bonchev–Trinajstić information content (AvgIpc) is 2.16. The number of benzene rings is 1.